The molecule has 3 rings (SSSR count). The molecule has 0 saturated carbocycles. The van der Waals surface area contributed by atoms with Crippen molar-refractivity contribution in [2.24, 2.45) is 5.92 Å². The van der Waals surface area contributed by atoms with Gasteiger partial charge in [-0.05, 0) is 44.4 Å². The van der Waals surface area contributed by atoms with Crippen LogP contribution in [0.3, 0.4) is 0 Å². The molecule has 2 amide bonds. The molecular weight excluding hydrogens is 332 g/mol. The Hall–Kier alpha value is -2.08. The van der Waals surface area contributed by atoms with Crippen molar-refractivity contribution in [3.05, 3.63) is 29.8 Å². The van der Waals surface area contributed by atoms with Gasteiger partial charge in [-0.15, -0.1) is 0 Å². The molecular formula is C20H28N2O4. The maximum atomic E-state index is 12.7. The number of ether oxygens (including phenoxy) is 2. The molecule has 1 atom stereocenters. The number of benzene rings is 1. The highest BCUT2D eigenvalue weighted by atomic mass is 16.5. The second-order valence-electron chi connectivity index (χ2n) is 7.11. The molecule has 2 fully saturated rings. The summed E-state index contributed by atoms with van der Waals surface area (Å²) in [5, 5.41) is 0. The molecule has 0 N–H and O–H groups in total. The average molecular weight is 360 g/mol. The van der Waals surface area contributed by atoms with Gasteiger partial charge in [0.1, 0.15) is 5.75 Å². The van der Waals surface area contributed by atoms with Crippen molar-refractivity contribution in [2.45, 2.75) is 32.8 Å². The zero-order valence-corrected chi connectivity index (χ0v) is 15.6. The number of carbonyl (C=O) groups is 2. The number of nitrogens with zero attached hydrogens (tertiary/aromatic N) is 2. The molecule has 6 heteroatoms. The first kappa shape index (κ1) is 18.7. The average Bonchev–Trinajstić information content (AvgIpc) is 2.67. The SMILES string of the molecule is Cc1cccc(OC(C)C(=O)N2CCC(C(=O)N3CCOCC3)CC2)c1. The van der Waals surface area contributed by atoms with Crippen LogP contribution >= 0.6 is 0 Å². The molecule has 0 aliphatic carbocycles. The lowest BCUT2D eigenvalue weighted by molar-refractivity contribution is -0.145. The predicted octanol–water partition coefficient (Wildman–Crippen LogP) is 1.86. The largest absolute Gasteiger partial charge is 0.481 e. The van der Waals surface area contributed by atoms with Crippen molar-refractivity contribution < 1.29 is 19.1 Å². The first-order valence-electron chi connectivity index (χ1n) is 9.43. The fraction of sp³-hybridized carbons (Fsp3) is 0.600. The van der Waals surface area contributed by atoms with Crippen molar-refractivity contribution in [3.63, 3.8) is 0 Å². The summed E-state index contributed by atoms with van der Waals surface area (Å²) in [6, 6.07) is 7.71. The molecule has 6 nitrogen and oxygen atoms in total. The number of hydrogen-bond acceptors (Lipinski definition) is 4. The van der Waals surface area contributed by atoms with Crippen LogP contribution in [0.15, 0.2) is 24.3 Å². The summed E-state index contributed by atoms with van der Waals surface area (Å²) in [4.78, 5) is 29.0. The van der Waals surface area contributed by atoms with E-state index in [0.29, 0.717) is 45.1 Å². The molecule has 1 aromatic carbocycles. The van der Waals surface area contributed by atoms with Gasteiger partial charge in [-0.2, -0.15) is 0 Å². The van der Waals surface area contributed by atoms with Crippen LogP contribution in [-0.4, -0.2) is 67.1 Å². The normalized spacial score (nSPS) is 19.9. The topological polar surface area (TPSA) is 59.1 Å². The predicted molar refractivity (Wildman–Crippen MR) is 98.0 cm³/mol. The zero-order valence-electron chi connectivity index (χ0n) is 15.6. The van der Waals surface area contributed by atoms with E-state index in [0.717, 1.165) is 18.4 Å². The quantitative estimate of drug-likeness (QED) is 0.822. The van der Waals surface area contributed by atoms with E-state index in [9.17, 15) is 9.59 Å². The molecule has 142 valence electrons. The number of morpholine rings is 1. The number of likely N-dealkylation sites (tertiary alicyclic amines) is 1. The van der Waals surface area contributed by atoms with Crippen LogP contribution in [0.2, 0.25) is 0 Å². The number of piperidine rings is 1. The van der Waals surface area contributed by atoms with E-state index in [1.165, 1.54) is 0 Å². The Morgan fingerprint density at radius 3 is 2.46 bits per heavy atom. The maximum Gasteiger partial charge on any atom is 0.263 e. The van der Waals surface area contributed by atoms with Crippen molar-refractivity contribution in [1.82, 2.24) is 9.80 Å². The highest BCUT2D eigenvalue weighted by Crippen LogP contribution is 2.22. The van der Waals surface area contributed by atoms with Gasteiger partial charge >= 0.3 is 0 Å². The van der Waals surface area contributed by atoms with E-state index < -0.39 is 6.10 Å². The lowest BCUT2D eigenvalue weighted by Crippen LogP contribution is -2.49. The Morgan fingerprint density at radius 2 is 1.81 bits per heavy atom. The van der Waals surface area contributed by atoms with Crippen LogP contribution in [-0.2, 0) is 14.3 Å². The fourth-order valence-electron chi connectivity index (χ4n) is 3.59. The van der Waals surface area contributed by atoms with E-state index in [1.807, 2.05) is 41.0 Å². The van der Waals surface area contributed by atoms with E-state index in [4.69, 9.17) is 9.47 Å². The number of aryl methyl sites for hydroxylation is 1. The molecule has 2 aliphatic heterocycles. The minimum atomic E-state index is -0.525. The third kappa shape index (κ3) is 4.55. The van der Waals surface area contributed by atoms with Gasteiger partial charge in [-0.25, -0.2) is 0 Å². The monoisotopic (exact) mass is 360 g/mol. The molecule has 0 aromatic heterocycles. The Morgan fingerprint density at radius 1 is 1.12 bits per heavy atom. The molecule has 1 aromatic rings. The standard InChI is InChI=1S/C20H28N2O4/c1-15-4-3-5-18(14-15)26-16(2)19(23)21-8-6-17(7-9-21)20(24)22-10-12-25-13-11-22/h3-5,14,16-17H,6-13H2,1-2H3. The Balaban J connectivity index is 1.49. The highest BCUT2D eigenvalue weighted by Gasteiger charge is 2.32. The Kier molecular flexibility index (Phi) is 6.14. The molecule has 2 aliphatic rings. The summed E-state index contributed by atoms with van der Waals surface area (Å²) in [5.74, 6) is 0.932. The van der Waals surface area contributed by atoms with Gasteiger partial charge < -0.3 is 19.3 Å². The number of amides is 2. The maximum absolute atomic E-state index is 12.7. The summed E-state index contributed by atoms with van der Waals surface area (Å²) < 4.78 is 11.1. The minimum Gasteiger partial charge on any atom is -0.481 e. The minimum absolute atomic E-state index is 0.0104. The van der Waals surface area contributed by atoms with Gasteiger partial charge in [0.15, 0.2) is 6.10 Å². The lowest BCUT2D eigenvalue weighted by Gasteiger charge is -2.36. The van der Waals surface area contributed by atoms with Crippen LogP contribution in [0.5, 0.6) is 5.75 Å². The van der Waals surface area contributed by atoms with E-state index in [-0.39, 0.29) is 17.7 Å². The second kappa shape index (κ2) is 8.54. The molecule has 2 heterocycles. The molecule has 2 saturated heterocycles. The van der Waals surface area contributed by atoms with Gasteiger partial charge in [-0.1, -0.05) is 12.1 Å². The first-order valence-corrected chi connectivity index (χ1v) is 9.43. The molecule has 0 radical (unpaired) electrons. The number of rotatable bonds is 4. The van der Waals surface area contributed by atoms with E-state index in [1.54, 1.807) is 6.92 Å². The lowest BCUT2D eigenvalue weighted by atomic mass is 9.95. The third-order valence-electron chi connectivity index (χ3n) is 5.13. The van der Waals surface area contributed by atoms with E-state index in [2.05, 4.69) is 0 Å². The fourth-order valence-corrected chi connectivity index (χ4v) is 3.59. The van der Waals surface area contributed by atoms with Crippen molar-refractivity contribution in [1.29, 1.82) is 0 Å². The van der Waals surface area contributed by atoms with E-state index >= 15 is 0 Å². The third-order valence-corrected chi connectivity index (χ3v) is 5.13. The van der Waals surface area contributed by atoms with Crippen LogP contribution in [0.4, 0.5) is 0 Å². The van der Waals surface area contributed by atoms with Crippen molar-refractivity contribution >= 4 is 11.8 Å². The summed E-state index contributed by atoms with van der Waals surface area (Å²) in [6.07, 6.45) is 0.918. The molecule has 26 heavy (non-hydrogen) atoms. The number of hydrogen-bond donors (Lipinski definition) is 0. The van der Waals surface area contributed by atoms with Gasteiger partial charge in [0.25, 0.3) is 5.91 Å². The van der Waals surface area contributed by atoms with Gasteiger partial charge in [0.2, 0.25) is 5.91 Å². The summed E-state index contributed by atoms with van der Waals surface area (Å²) in [5.41, 5.74) is 1.10. The van der Waals surface area contributed by atoms with Crippen LogP contribution < -0.4 is 4.74 Å². The Bertz CT molecular complexity index is 634. The van der Waals surface area contributed by atoms with Crippen LogP contribution in [0.25, 0.3) is 0 Å². The highest BCUT2D eigenvalue weighted by molar-refractivity contribution is 5.82. The summed E-state index contributed by atoms with van der Waals surface area (Å²) in [7, 11) is 0. The van der Waals surface area contributed by atoms with Crippen LogP contribution in [0, 0.1) is 12.8 Å². The molecule has 0 spiro atoms. The second-order valence-corrected chi connectivity index (χ2v) is 7.11. The van der Waals surface area contributed by atoms with Crippen molar-refractivity contribution in [2.75, 3.05) is 39.4 Å². The van der Waals surface area contributed by atoms with Gasteiger partial charge in [0, 0.05) is 32.1 Å². The molecule has 0 bridgehead atoms. The summed E-state index contributed by atoms with van der Waals surface area (Å²) in [6.45, 7) is 7.61. The van der Waals surface area contributed by atoms with Crippen LogP contribution in [0.1, 0.15) is 25.3 Å². The van der Waals surface area contributed by atoms with Gasteiger partial charge in [-0.3, -0.25) is 9.59 Å². The van der Waals surface area contributed by atoms with Crippen molar-refractivity contribution in [3.8, 4) is 5.75 Å². The Labute approximate surface area is 155 Å². The zero-order chi connectivity index (χ0) is 18.5. The molecule has 1 unspecified atom stereocenters. The smallest absolute Gasteiger partial charge is 0.263 e. The summed E-state index contributed by atoms with van der Waals surface area (Å²) >= 11 is 0. The number of carbonyl (C=O) groups excluding carboxylic acids is 2. The first-order chi connectivity index (χ1) is 12.5. The van der Waals surface area contributed by atoms with Gasteiger partial charge in [0.05, 0.1) is 13.2 Å².